The van der Waals surface area contributed by atoms with E-state index >= 15 is 0 Å². The maximum Gasteiger partial charge on any atom is 0.324 e. The third kappa shape index (κ3) is 4.08. The van der Waals surface area contributed by atoms with E-state index < -0.39 is 16.1 Å². The van der Waals surface area contributed by atoms with Crippen molar-refractivity contribution < 1.29 is 18.0 Å². The Morgan fingerprint density at radius 1 is 1.17 bits per heavy atom. The van der Waals surface area contributed by atoms with E-state index in [1.807, 2.05) is 20.8 Å². The van der Waals surface area contributed by atoms with Gasteiger partial charge in [-0.05, 0) is 23.1 Å². The number of benzene rings is 1. The van der Waals surface area contributed by atoms with Gasteiger partial charge in [-0.1, -0.05) is 32.9 Å². The molecule has 2 rings (SSSR count). The first-order chi connectivity index (χ1) is 10.6. The Hall–Kier alpha value is -1.93. The van der Waals surface area contributed by atoms with E-state index in [2.05, 4.69) is 10.0 Å². The smallest absolute Gasteiger partial charge is 0.324 e. The molecule has 23 heavy (non-hydrogen) atoms. The molecule has 0 radical (unpaired) electrons. The van der Waals surface area contributed by atoms with Gasteiger partial charge in [0.05, 0.1) is 11.4 Å². The molecular formula is C15H21N3O4S. The molecule has 0 bridgehead atoms. The number of sulfonamides is 1. The van der Waals surface area contributed by atoms with E-state index in [1.165, 1.54) is 0 Å². The first-order valence-electron chi connectivity index (χ1n) is 7.30. The van der Waals surface area contributed by atoms with Crippen molar-refractivity contribution in [3.63, 3.8) is 0 Å². The summed E-state index contributed by atoms with van der Waals surface area (Å²) in [6.45, 7) is 6.08. The van der Waals surface area contributed by atoms with Gasteiger partial charge in [0.2, 0.25) is 15.9 Å². The number of nitrogens with zero attached hydrogens (tertiary/aromatic N) is 1. The van der Waals surface area contributed by atoms with Crippen molar-refractivity contribution in [1.82, 2.24) is 14.9 Å². The molecule has 1 aromatic rings. The Bertz CT molecular complexity index is 689. The molecule has 7 nitrogen and oxygen atoms in total. The fourth-order valence-electron chi connectivity index (χ4n) is 2.19. The summed E-state index contributed by atoms with van der Waals surface area (Å²) in [5.74, 6) is -0.358. The number of hydrogen-bond acceptors (Lipinski definition) is 4. The zero-order valence-electron chi connectivity index (χ0n) is 13.4. The molecule has 2 N–H and O–H groups in total. The second kappa shape index (κ2) is 6.29. The van der Waals surface area contributed by atoms with Crippen LogP contribution >= 0.6 is 0 Å². The Kier molecular flexibility index (Phi) is 4.76. The van der Waals surface area contributed by atoms with E-state index in [0.29, 0.717) is 0 Å². The van der Waals surface area contributed by atoms with Crippen molar-refractivity contribution in [2.24, 2.45) is 0 Å². The predicted molar refractivity (Wildman–Crippen MR) is 85.4 cm³/mol. The maximum atomic E-state index is 12.2. The number of carbonyl (C=O) groups excluding carboxylic acids is 2. The van der Waals surface area contributed by atoms with Crippen LogP contribution in [0, 0.1) is 0 Å². The minimum absolute atomic E-state index is 0.00394. The highest BCUT2D eigenvalue weighted by Crippen LogP contribution is 2.23. The Labute approximate surface area is 136 Å². The number of imide groups is 1. The standard InChI is InChI=1S/C15H21N3O4S/c1-15(2,3)11-4-6-12(7-5-11)23(21,22)17-8-9-18-13(19)10-16-14(18)20/h4-7,17H,8-10H2,1-3H3,(H,16,20). The predicted octanol–water partition coefficient (Wildman–Crippen LogP) is 0.814. The molecule has 1 aliphatic rings. The average molecular weight is 339 g/mol. The van der Waals surface area contributed by atoms with Gasteiger partial charge in [0, 0.05) is 13.1 Å². The average Bonchev–Trinajstić information content (AvgIpc) is 2.78. The number of hydrogen-bond donors (Lipinski definition) is 2. The van der Waals surface area contributed by atoms with Crippen molar-refractivity contribution >= 4 is 22.0 Å². The van der Waals surface area contributed by atoms with Crippen molar-refractivity contribution in [1.29, 1.82) is 0 Å². The molecule has 0 saturated carbocycles. The zero-order chi connectivity index (χ0) is 17.3. The van der Waals surface area contributed by atoms with Crippen LogP contribution in [0.25, 0.3) is 0 Å². The zero-order valence-corrected chi connectivity index (χ0v) is 14.2. The van der Waals surface area contributed by atoms with Crippen LogP contribution in [0.15, 0.2) is 29.2 Å². The summed E-state index contributed by atoms with van der Waals surface area (Å²) in [6, 6.07) is 6.18. The van der Waals surface area contributed by atoms with Crippen molar-refractivity contribution in [3.8, 4) is 0 Å². The van der Waals surface area contributed by atoms with E-state index in [4.69, 9.17) is 0 Å². The lowest BCUT2D eigenvalue weighted by molar-refractivity contribution is -0.124. The summed E-state index contributed by atoms with van der Waals surface area (Å²) >= 11 is 0. The van der Waals surface area contributed by atoms with Gasteiger partial charge in [-0.2, -0.15) is 0 Å². The van der Waals surface area contributed by atoms with Gasteiger partial charge in [0.15, 0.2) is 0 Å². The lowest BCUT2D eigenvalue weighted by atomic mass is 9.87. The minimum Gasteiger partial charge on any atom is -0.329 e. The largest absolute Gasteiger partial charge is 0.329 e. The van der Waals surface area contributed by atoms with Gasteiger partial charge in [0.1, 0.15) is 0 Å². The fourth-order valence-corrected chi connectivity index (χ4v) is 3.21. The summed E-state index contributed by atoms with van der Waals surface area (Å²) in [4.78, 5) is 23.9. The molecule has 1 saturated heterocycles. The number of rotatable bonds is 5. The van der Waals surface area contributed by atoms with E-state index in [-0.39, 0.29) is 35.9 Å². The van der Waals surface area contributed by atoms with Crippen LogP contribution < -0.4 is 10.0 Å². The van der Waals surface area contributed by atoms with Crippen molar-refractivity contribution in [2.45, 2.75) is 31.1 Å². The molecule has 0 atom stereocenters. The molecule has 0 aromatic heterocycles. The van der Waals surface area contributed by atoms with Crippen molar-refractivity contribution in [2.75, 3.05) is 19.6 Å². The molecule has 0 spiro atoms. The highest BCUT2D eigenvalue weighted by Gasteiger charge is 2.28. The van der Waals surface area contributed by atoms with Crippen LogP contribution in [-0.2, 0) is 20.2 Å². The summed E-state index contributed by atoms with van der Waals surface area (Å²) in [5, 5.41) is 2.38. The third-order valence-electron chi connectivity index (χ3n) is 3.60. The van der Waals surface area contributed by atoms with Crippen molar-refractivity contribution in [3.05, 3.63) is 29.8 Å². The Morgan fingerprint density at radius 3 is 2.26 bits per heavy atom. The second-order valence-electron chi connectivity index (χ2n) is 6.38. The summed E-state index contributed by atoms with van der Waals surface area (Å²) < 4.78 is 26.8. The van der Waals surface area contributed by atoms with Crippen LogP contribution in [0.3, 0.4) is 0 Å². The molecule has 1 heterocycles. The lowest BCUT2D eigenvalue weighted by Crippen LogP contribution is -2.38. The van der Waals surface area contributed by atoms with Crippen LogP contribution in [0.5, 0.6) is 0 Å². The van der Waals surface area contributed by atoms with Crippen LogP contribution in [-0.4, -0.2) is 44.9 Å². The van der Waals surface area contributed by atoms with Crippen LogP contribution in [0.4, 0.5) is 4.79 Å². The molecule has 3 amide bonds. The molecule has 0 unspecified atom stereocenters. The Morgan fingerprint density at radius 2 is 1.78 bits per heavy atom. The normalized spacial score (nSPS) is 15.9. The lowest BCUT2D eigenvalue weighted by Gasteiger charge is -2.19. The molecular weight excluding hydrogens is 318 g/mol. The fraction of sp³-hybridized carbons (Fsp3) is 0.467. The number of carbonyl (C=O) groups is 2. The number of amides is 3. The first kappa shape index (κ1) is 17.4. The second-order valence-corrected chi connectivity index (χ2v) is 8.14. The topological polar surface area (TPSA) is 95.6 Å². The molecule has 0 aliphatic carbocycles. The quantitative estimate of drug-likeness (QED) is 0.776. The number of nitrogens with one attached hydrogen (secondary N) is 2. The summed E-state index contributed by atoms with van der Waals surface area (Å²) in [6.07, 6.45) is 0. The monoisotopic (exact) mass is 339 g/mol. The summed E-state index contributed by atoms with van der Waals surface area (Å²) in [5.41, 5.74) is 0.981. The van der Waals surface area contributed by atoms with Gasteiger partial charge in [-0.15, -0.1) is 0 Å². The highest BCUT2D eigenvalue weighted by molar-refractivity contribution is 7.89. The van der Waals surface area contributed by atoms with E-state index in [0.717, 1.165) is 10.5 Å². The van der Waals surface area contributed by atoms with Gasteiger partial charge < -0.3 is 5.32 Å². The molecule has 1 aromatic carbocycles. The van der Waals surface area contributed by atoms with Crippen LogP contribution in [0.2, 0.25) is 0 Å². The highest BCUT2D eigenvalue weighted by atomic mass is 32.2. The first-order valence-corrected chi connectivity index (χ1v) is 8.78. The third-order valence-corrected chi connectivity index (χ3v) is 5.07. The maximum absolute atomic E-state index is 12.2. The van der Waals surface area contributed by atoms with Gasteiger partial charge in [-0.3, -0.25) is 9.69 Å². The van der Waals surface area contributed by atoms with E-state index in [1.54, 1.807) is 24.3 Å². The molecule has 126 valence electrons. The summed E-state index contributed by atoms with van der Waals surface area (Å²) in [7, 11) is -3.67. The molecule has 8 heteroatoms. The number of urea groups is 1. The SMILES string of the molecule is CC(C)(C)c1ccc(S(=O)(=O)NCCN2C(=O)CNC2=O)cc1. The van der Waals surface area contributed by atoms with E-state index in [9.17, 15) is 18.0 Å². The van der Waals surface area contributed by atoms with Crippen LogP contribution in [0.1, 0.15) is 26.3 Å². The van der Waals surface area contributed by atoms with Gasteiger partial charge in [-0.25, -0.2) is 17.9 Å². The van der Waals surface area contributed by atoms with Gasteiger partial charge in [0.25, 0.3) is 0 Å². The molecule has 1 fully saturated rings. The molecule has 1 aliphatic heterocycles. The minimum atomic E-state index is -3.67. The van der Waals surface area contributed by atoms with Gasteiger partial charge >= 0.3 is 6.03 Å². The Balaban J connectivity index is 1.99.